The van der Waals surface area contributed by atoms with Gasteiger partial charge in [-0.3, -0.25) is 0 Å². The van der Waals surface area contributed by atoms with Gasteiger partial charge in [-0.1, -0.05) is 0 Å². The number of carbonyl (C=O) groups excluding carboxylic acids is 1. The molecule has 5 nitrogen and oxygen atoms in total. The van der Waals surface area contributed by atoms with Crippen LogP contribution >= 0.6 is 11.3 Å². The highest BCUT2D eigenvalue weighted by Crippen LogP contribution is 2.08. The molecule has 2 rings (SSSR count). The second-order valence-electron chi connectivity index (χ2n) is 4.60. The standard InChI is InChI=1S/C13H18N4OS/c1-11(7-17-5-4-14-10-17)15-13(18)16(2)8-12-3-6-19-9-12/h3-6,9-11H,7-8H2,1-2H3,(H,15,18)/t11-/m1/s1. The summed E-state index contributed by atoms with van der Waals surface area (Å²) < 4.78 is 1.95. The Balaban J connectivity index is 1.79. The van der Waals surface area contributed by atoms with Gasteiger partial charge >= 0.3 is 6.03 Å². The van der Waals surface area contributed by atoms with Gasteiger partial charge in [-0.25, -0.2) is 9.78 Å². The molecule has 1 N–H and O–H groups in total. The average molecular weight is 278 g/mol. The fraction of sp³-hybridized carbons (Fsp3) is 0.385. The summed E-state index contributed by atoms with van der Waals surface area (Å²) in [5.74, 6) is 0. The van der Waals surface area contributed by atoms with E-state index in [2.05, 4.69) is 15.7 Å². The van der Waals surface area contributed by atoms with Crippen molar-refractivity contribution in [1.82, 2.24) is 19.8 Å². The highest BCUT2D eigenvalue weighted by Gasteiger charge is 2.12. The number of thiophene rings is 1. The highest BCUT2D eigenvalue weighted by molar-refractivity contribution is 7.07. The molecule has 6 heteroatoms. The van der Waals surface area contributed by atoms with Gasteiger partial charge in [-0.2, -0.15) is 11.3 Å². The molecule has 19 heavy (non-hydrogen) atoms. The molecule has 0 aliphatic rings. The third-order valence-electron chi connectivity index (χ3n) is 2.76. The van der Waals surface area contributed by atoms with Gasteiger partial charge < -0.3 is 14.8 Å². The van der Waals surface area contributed by atoms with Crippen LogP contribution in [0.4, 0.5) is 4.79 Å². The van der Waals surface area contributed by atoms with Crippen LogP contribution in [0.25, 0.3) is 0 Å². The summed E-state index contributed by atoms with van der Waals surface area (Å²) in [5, 5.41) is 7.04. The zero-order valence-electron chi connectivity index (χ0n) is 11.1. The Kier molecular flexibility index (Phi) is 4.57. The molecule has 0 spiro atoms. The van der Waals surface area contributed by atoms with Crippen molar-refractivity contribution >= 4 is 17.4 Å². The predicted molar refractivity (Wildman–Crippen MR) is 76.0 cm³/mol. The zero-order chi connectivity index (χ0) is 13.7. The second-order valence-corrected chi connectivity index (χ2v) is 5.38. The Hall–Kier alpha value is -1.82. The molecule has 2 aromatic heterocycles. The molecule has 2 aromatic rings. The third kappa shape index (κ3) is 4.10. The van der Waals surface area contributed by atoms with Gasteiger partial charge in [0.05, 0.1) is 6.33 Å². The average Bonchev–Trinajstić information content (AvgIpc) is 3.01. The Morgan fingerprint density at radius 1 is 1.63 bits per heavy atom. The van der Waals surface area contributed by atoms with Crippen LogP contribution in [0.1, 0.15) is 12.5 Å². The van der Waals surface area contributed by atoms with Gasteiger partial charge in [0.1, 0.15) is 0 Å². The maximum atomic E-state index is 12.0. The summed E-state index contributed by atoms with van der Waals surface area (Å²) in [5.41, 5.74) is 1.16. The molecule has 0 radical (unpaired) electrons. The summed E-state index contributed by atoms with van der Waals surface area (Å²) in [6.45, 7) is 3.33. The minimum atomic E-state index is -0.0567. The van der Waals surface area contributed by atoms with Gasteiger partial charge in [0.25, 0.3) is 0 Å². The van der Waals surface area contributed by atoms with Crippen LogP contribution in [-0.2, 0) is 13.1 Å². The van der Waals surface area contributed by atoms with E-state index in [-0.39, 0.29) is 12.1 Å². The van der Waals surface area contributed by atoms with Crippen molar-refractivity contribution in [2.24, 2.45) is 0 Å². The van der Waals surface area contributed by atoms with Crippen molar-refractivity contribution in [3.63, 3.8) is 0 Å². The van der Waals surface area contributed by atoms with E-state index in [0.717, 1.165) is 12.1 Å². The minimum absolute atomic E-state index is 0.0567. The van der Waals surface area contributed by atoms with Gasteiger partial charge in [0.15, 0.2) is 0 Å². The summed E-state index contributed by atoms with van der Waals surface area (Å²) in [4.78, 5) is 17.7. The Bertz CT molecular complexity index is 495. The van der Waals surface area contributed by atoms with Crippen LogP contribution in [0.15, 0.2) is 35.5 Å². The number of imidazole rings is 1. The first-order valence-corrected chi connectivity index (χ1v) is 7.08. The number of amides is 2. The molecule has 0 aliphatic heterocycles. The van der Waals surface area contributed by atoms with E-state index in [1.165, 1.54) is 0 Å². The van der Waals surface area contributed by atoms with Gasteiger partial charge in [0, 0.05) is 38.6 Å². The molecule has 0 fully saturated rings. The molecule has 0 aliphatic carbocycles. The number of nitrogens with zero attached hydrogens (tertiary/aromatic N) is 3. The van der Waals surface area contributed by atoms with E-state index in [1.54, 1.807) is 35.8 Å². The topological polar surface area (TPSA) is 50.2 Å². The Labute approximate surface area is 116 Å². The summed E-state index contributed by atoms with van der Waals surface area (Å²) >= 11 is 1.64. The lowest BCUT2D eigenvalue weighted by atomic mass is 10.3. The molecule has 0 aromatic carbocycles. The van der Waals surface area contributed by atoms with Gasteiger partial charge in [-0.15, -0.1) is 0 Å². The van der Waals surface area contributed by atoms with E-state index in [1.807, 2.05) is 29.1 Å². The fourth-order valence-corrected chi connectivity index (χ4v) is 2.47. The SMILES string of the molecule is C[C@H](Cn1ccnc1)NC(=O)N(C)Cc1ccsc1. The number of carbonyl (C=O) groups is 1. The van der Waals surface area contributed by atoms with E-state index >= 15 is 0 Å². The lowest BCUT2D eigenvalue weighted by molar-refractivity contribution is 0.202. The van der Waals surface area contributed by atoms with Crippen molar-refractivity contribution in [1.29, 1.82) is 0 Å². The first-order chi connectivity index (χ1) is 9.15. The maximum absolute atomic E-state index is 12.0. The van der Waals surface area contributed by atoms with E-state index in [4.69, 9.17) is 0 Å². The number of rotatable bonds is 5. The Morgan fingerprint density at radius 3 is 3.11 bits per heavy atom. The Morgan fingerprint density at radius 2 is 2.47 bits per heavy atom. The van der Waals surface area contributed by atoms with E-state index in [0.29, 0.717) is 6.54 Å². The third-order valence-corrected chi connectivity index (χ3v) is 3.49. The maximum Gasteiger partial charge on any atom is 0.317 e. The number of hydrogen-bond donors (Lipinski definition) is 1. The highest BCUT2D eigenvalue weighted by atomic mass is 32.1. The second kappa shape index (κ2) is 6.38. The number of urea groups is 1. The van der Waals surface area contributed by atoms with Crippen molar-refractivity contribution in [3.05, 3.63) is 41.1 Å². The molecular weight excluding hydrogens is 260 g/mol. The van der Waals surface area contributed by atoms with Crippen LogP contribution in [0.2, 0.25) is 0 Å². The van der Waals surface area contributed by atoms with Crippen LogP contribution < -0.4 is 5.32 Å². The van der Waals surface area contributed by atoms with E-state index in [9.17, 15) is 4.79 Å². The van der Waals surface area contributed by atoms with Gasteiger partial charge in [-0.05, 0) is 29.3 Å². The van der Waals surface area contributed by atoms with Crippen LogP contribution in [0, 0.1) is 0 Å². The molecule has 0 unspecified atom stereocenters. The predicted octanol–water partition coefficient (Wildman–Crippen LogP) is 2.17. The fourth-order valence-electron chi connectivity index (χ4n) is 1.81. The molecule has 0 saturated heterocycles. The molecule has 0 saturated carbocycles. The van der Waals surface area contributed by atoms with Crippen molar-refractivity contribution in [2.75, 3.05) is 7.05 Å². The quantitative estimate of drug-likeness (QED) is 0.911. The van der Waals surface area contributed by atoms with Crippen LogP contribution in [0.3, 0.4) is 0 Å². The zero-order valence-corrected chi connectivity index (χ0v) is 11.9. The van der Waals surface area contributed by atoms with Gasteiger partial charge in [0.2, 0.25) is 0 Å². The molecule has 1 atom stereocenters. The minimum Gasteiger partial charge on any atom is -0.335 e. The number of hydrogen-bond acceptors (Lipinski definition) is 3. The first kappa shape index (κ1) is 13.6. The summed E-state index contributed by atoms with van der Waals surface area (Å²) in [7, 11) is 1.80. The molecule has 2 amide bonds. The molecular formula is C13H18N4OS. The largest absolute Gasteiger partial charge is 0.335 e. The van der Waals surface area contributed by atoms with Crippen LogP contribution in [-0.4, -0.2) is 33.6 Å². The lowest BCUT2D eigenvalue weighted by Gasteiger charge is -2.21. The summed E-state index contributed by atoms with van der Waals surface area (Å²) in [6, 6.07) is 2.04. The lowest BCUT2D eigenvalue weighted by Crippen LogP contribution is -2.43. The molecule has 2 heterocycles. The monoisotopic (exact) mass is 278 g/mol. The van der Waals surface area contributed by atoms with Crippen LogP contribution in [0.5, 0.6) is 0 Å². The molecule has 102 valence electrons. The summed E-state index contributed by atoms with van der Waals surface area (Å²) in [6.07, 6.45) is 5.37. The smallest absolute Gasteiger partial charge is 0.317 e. The van der Waals surface area contributed by atoms with Crippen molar-refractivity contribution in [3.8, 4) is 0 Å². The normalized spacial score (nSPS) is 12.1. The number of nitrogens with one attached hydrogen (secondary N) is 1. The van der Waals surface area contributed by atoms with Crippen molar-refractivity contribution in [2.45, 2.75) is 26.1 Å². The van der Waals surface area contributed by atoms with E-state index < -0.39 is 0 Å². The molecule has 0 bridgehead atoms. The number of aromatic nitrogens is 2. The first-order valence-electron chi connectivity index (χ1n) is 6.13. The van der Waals surface area contributed by atoms with Crippen molar-refractivity contribution < 1.29 is 4.79 Å².